The average Bonchev–Trinajstić information content (AvgIpc) is 2.71. The van der Waals surface area contributed by atoms with Crippen molar-refractivity contribution in [1.29, 1.82) is 0 Å². The molecule has 2 heterocycles. The molecule has 2 aromatic carbocycles. The van der Waals surface area contributed by atoms with Crippen molar-refractivity contribution >= 4 is 22.6 Å². The van der Waals surface area contributed by atoms with E-state index in [2.05, 4.69) is 0 Å². The van der Waals surface area contributed by atoms with E-state index in [0.717, 1.165) is 29.2 Å². The highest BCUT2D eigenvalue weighted by Crippen LogP contribution is 2.26. The quantitative estimate of drug-likeness (QED) is 0.803. The third-order valence-corrected chi connectivity index (χ3v) is 5.89. The number of benzene rings is 2. The van der Waals surface area contributed by atoms with Crippen molar-refractivity contribution in [2.45, 2.75) is 32.3 Å². The van der Waals surface area contributed by atoms with Crippen LogP contribution in [0.1, 0.15) is 37.0 Å². The molecule has 28 heavy (non-hydrogen) atoms. The predicted octanol–water partition coefficient (Wildman–Crippen LogP) is 3.33. The zero-order valence-corrected chi connectivity index (χ0v) is 16.7. The van der Waals surface area contributed by atoms with Crippen LogP contribution in [-0.2, 0) is 9.53 Å². The van der Waals surface area contributed by atoms with Crippen molar-refractivity contribution in [1.82, 2.24) is 9.80 Å². The minimum atomic E-state index is -0.279. The van der Waals surface area contributed by atoms with Crippen LogP contribution in [0, 0.1) is 5.92 Å². The Bertz CT molecular complexity index is 879. The van der Waals surface area contributed by atoms with E-state index in [1.165, 1.54) is 0 Å². The van der Waals surface area contributed by atoms with E-state index in [0.29, 0.717) is 32.8 Å². The van der Waals surface area contributed by atoms with E-state index in [-0.39, 0.29) is 23.3 Å². The van der Waals surface area contributed by atoms with Gasteiger partial charge in [0, 0.05) is 37.7 Å². The van der Waals surface area contributed by atoms with Crippen molar-refractivity contribution in [2.75, 3.05) is 32.8 Å². The number of piperidine rings is 1. The number of amides is 2. The van der Waals surface area contributed by atoms with Gasteiger partial charge in [-0.3, -0.25) is 9.59 Å². The molecule has 0 radical (unpaired) electrons. The molecule has 2 amide bonds. The number of carbonyl (C=O) groups excluding carboxylic acids is 2. The SMILES string of the molecule is CC1(C)CN(C(=O)C2CCN(C(=O)c3cccc4ccccc34)CC2)CCO1. The van der Waals surface area contributed by atoms with Crippen LogP contribution in [-0.4, -0.2) is 60.0 Å². The van der Waals surface area contributed by atoms with Crippen LogP contribution in [0.3, 0.4) is 0 Å². The number of likely N-dealkylation sites (tertiary alicyclic amines) is 1. The fourth-order valence-electron chi connectivity index (χ4n) is 4.37. The normalized spacial score (nSPS) is 20.4. The minimum Gasteiger partial charge on any atom is -0.372 e. The highest BCUT2D eigenvalue weighted by Gasteiger charge is 2.35. The van der Waals surface area contributed by atoms with Gasteiger partial charge in [0.1, 0.15) is 0 Å². The fourth-order valence-corrected chi connectivity index (χ4v) is 4.37. The van der Waals surface area contributed by atoms with Gasteiger partial charge >= 0.3 is 0 Å². The number of ether oxygens (including phenoxy) is 1. The van der Waals surface area contributed by atoms with Gasteiger partial charge in [-0.25, -0.2) is 0 Å². The fraction of sp³-hybridized carbons (Fsp3) is 0.478. The topological polar surface area (TPSA) is 49.9 Å². The molecule has 2 aromatic rings. The maximum atomic E-state index is 13.1. The van der Waals surface area contributed by atoms with Crippen molar-refractivity contribution in [3.8, 4) is 0 Å². The van der Waals surface area contributed by atoms with E-state index in [9.17, 15) is 9.59 Å². The molecule has 5 nitrogen and oxygen atoms in total. The molecular weight excluding hydrogens is 352 g/mol. The molecule has 0 N–H and O–H groups in total. The Morgan fingerprint density at radius 1 is 0.964 bits per heavy atom. The lowest BCUT2D eigenvalue weighted by Gasteiger charge is -2.41. The van der Waals surface area contributed by atoms with Gasteiger partial charge in [-0.1, -0.05) is 36.4 Å². The smallest absolute Gasteiger partial charge is 0.254 e. The Morgan fingerprint density at radius 3 is 2.43 bits per heavy atom. The first-order chi connectivity index (χ1) is 13.4. The van der Waals surface area contributed by atoms with E-state index in [4.69, 9.17) is 4.74 Å². The number of fused-ring (bicyclic) bond motifs is 1. The van der Waals surface area contributed by atoms with Crippen LogP contribution in [0.4, 0.5) is 0 Å². The molecule has 0 saturated carbocycles. The average molecular weight is 380 g/mol. The lowest BCUT2D eigenvalue weighted by atomic mass is 9.93. The molecule has 2 aliphatic heterocycles. The molecule has 4 rings (SSSR count). The van der Waals surface area contributed by atoms with Crippen molar-refractivity contribution < 1.29 is 14.3 Å². The van der Waals surface area contributed by atoms with Crippen LogP contribution < -0.4 is 0 Å². The summed E-state index contributed by atoms with van der Waals surface area (Å²) in [6.07, 6.45) is 1.46. The zero-order valence-electron chi connectivity index (χ0n) is 16.7. The molecule has 2 saturated heterocycles. The van der Waals surface area contributed by atoms with Crippen LogP contribution in [0.5, 0.6) is 0 Å². The van der Waals surface area contributed by atoms with Crippen molar-refractivity contribution in [2.24, 2.45) is 5.92 Å². The number of nitrogens with zero attached hydrogens (tertiary/aromatic N) is 2. The summed E-state index contributed by atoms with van der Waals surface area (Å²) in [5, 5.41) is 2.07. The van der Waals surface area contributed by atoms with Gasteiger partial charge in [-0.15, -0.1) is 0 Å². The summed E-state index contributed by atoms with van der Waals surface area (Å²) in [5.74, 6) is 0.286. The summed E-state index contributed by atoms with van der Waals surface area (Å²) in [6.45, 7) is 7.21. The summed E-state index contributed by atoms with van der Waals surface area (Å²) in [6, 6.07) is 13.8. The van der Waals surface area contributed by atoms with Gasteiger partial charge in [0.15, 0.2) is 0 Å². The molecular formula is C23H28N2O3. The molecule has 2 fully saturated rings. The first kappa shape index (κ1) is 18.9. The number of hydrogen-bond donors (Lipinski definition) is 0. The van der Waals surface area contributed by atoms with Gasteiger partial charge in [0.2, 0.25) is 5.91 Å². The second kappa shape index (κ2) is 7.55. The molecule has 0 unspecified atom stereocenters. The van der Waals surface area contributed by atoms with Gasteiger partial charge in [-0.2, -0.15) is 0 Å². The summed E-state index contributed by atoms with van der Waals surface area (Å²) < 4.78 is 5.72. The second-order valence-electron chi connectivity index (χ2n) is 8.46. The highest BCUT2D eigenvalue weighted by atomic mass is 16.5. The van der Waals surface area contributed by atoms with Gasteiger partial charge in [0.05, 0.1) is 12.2 Å². The molecule has 2 aliphatic rings. The molecule has 0 aromatic heterocycles. The molecule has 0 aliphatic carbocycles. The third-order valence-electron chi connectivity index (χ3n) is 5.89. The number of hydrogen-bond acceptors (Lipinski definition) is 3. The first-order valence-corrected chi connectivity index (χ1v) is 10.1. The van der Waals surface area contributed by atoms with E-state index in [1.807, 2.05) is 66.1 Å². The van der Waals surface area contributed by atoms with Crippen molar-refractivity contribution in [3.05, 3.63) is 48.0 Å². The Hall–Kier alpha value is -2.40. The predicted molar refractivity (Wildman–Crippen MR) is 109 cm³/mol. The summed E-state index contributed by atoms with van der Waals surface area (Å²) in [4.78, 5) is 29.9. The Kier molecular flexibility index (Phi) is 5.11. The van der Waals surface area contributed by atoms with Gasteiger partial charge in [-0.05, 0) is 43.5 Å². The van der Waals surface area contributed by atoms with Crippen LogP contribution in [0.25, 0.3) is 10.8 Å². The standard InChI is InChI=1S/C23H28N2O3/c1-23(2)16-25(14-15-28-23)21(26)18-10-12-24(13-11-18)22(27)20-9-5-7-17-6-3-4-8-19(17)20/h3-9,18H,10-16H2,1-2H3. The first-order valence-electron chi connectivity index (χ1n) is 10.1. The Labute approximate surface area is 166 Å². The van der Waals surface area contributed by atoms with Crippen LogP contribution >= 0.6 is 0 Å². The zero-order chi connectivity index (χ0) is 19.7. The summed E-state index contributed by atoms with van der Waals surface area (Å²) in [5.41, 5.74) is 0.469. The van der Waals surface area contributed by atoms with E-state index >= 15 is 0 Å². The molecule has 0 bridgehead atoms. The Morgan fingerprint density at radius 2 is 1.68 bits per heavy atom. The van der Waals surface area contributed by atoms with Crippen LogP contribution in [0.15, 0.2) is 42.5 Å². The monoisotopic (exact) mass is 380 g/mol. The molecule has 148 valence electrons. The van der Waals surface area contributed by atoms with Crippen LogP contribution in [0.2, 0.25) is 0 Å². The highest BCUT2D eigenvalue weighted by molar-refractivity contribution is 6.07. The van der Waals surface area contributed by atoms with Gasteiger partial charge in [0.25, 0.3) is 5.91 Å². The maximum absolute atomic E-state index is 13.1. The summed E-state index contributed by atoms with van der Waals surface area (Å²) in [7, 11) is 0. The third kappa shape index (κ3) is 3.76. The minimum absolute atomic E-state index is 0.00506. The molecule has 0 atom stereocenters. The number of morpholine rings is 1. The maximum Gasteiger partial charge on any atom is 0.254 e. The van der Waals surface area contributed by atoms with Gasteiger partial charge < -0.3 is 14.5 Å². The van der Waals surface area contributed by atoms with E-state index in [1.54, 1.807) is 0 Å². The molecule has 5 heteroatoms. The second-order valence-corrected chi connectivity index (χ2v) is 8.46. The lowest BCUT2D eigenvalue weighted by molar-refractivity contribution is -0.151. The largest absolute Gasteiger partial charge is 0.372 e. The number of rotatable bonds is 2. The lowest BCUT2D eigenvalue weighted by Crippen LogP contribution is -2.53. The number of carbonyl (C=O) groups is 2. The Balaban J connectivity index is 1.41. The van der Waals surface area contributed by atoms with Crippen molar-refractivity contribution in [3.63, 3.8) is 0 Å². The summed E-state index contributed by atoms with van der Waals surface area (Å²) >= 11 is 0. The van der Waals surface area contributed by atoms with E-state index < -0.39 is 0 Å². The molecule has 0 spiro atoms.